The zero-order valence-electron chi connectivity index (χ0n) is 19.0. The summed E-state index contributed by atoms with van der Waals surface area (Å²) in [7, 11) is 0. The number of alkyl halides is 2. The summed E-state index contributed by atoms with van der Waals surface area (Å²) in [5.74, 6) is -2.71. The summed E-state index contributed by atoms with van der Waals surface area (Å²) in [6.45, 7) is 4.85. The second kappa shape index (κ2) is 9.18. The molecule has 8 heteroatoms. The van der Waals surface area contributed by atoms with E-state index in [1.54, 1.807) is 6.92 Å². The highest BCUT2D eigenvalue weighted by atomic mass is 19.3. The highest BCUT2D eigenvalue weighted by Gasteiger charge is 2.57. The SMILES string of the molecule is Cc1nocc1C(=O)NCc1ccc(CN2CCc3cc(OCC4CC4(F)F)ccc3C2)cc1. The van der Waals surface area contributed by atoms with Crippen LogP contribution in [0.5, 0.6) is 5.75 Å². The van der Waals surface area contributed by atoms with Crippen molar-refractivity contribution in [2.45, 2.75) is 45.3 Å². The molecule has 2 aromatic carbocycles. The van der Waals surface area contributed by atoms with E-state index in [4.69, 9.17) is 9.26 Å². The summed E-state index contributed by atoms with van der Waals surface area (Å²) in [6.07, 6.45) is 2.19. The minimum atomic E-state index is -2.54. The lowest BCUT2D eigenvalue weighted by Gasteiger charge is -2.29. The third-order valence-electron chi connectivity index (χ3n) is 6.55. The number of nitrogens with zero attached hydrogens (tertiary/aromatic N) is 2. The molecule has 0 bridgehead atoms. The van der Waals surface area contributed by atoms with E-state index in [0.717, 1.165) is 31.6 Å². The van der Waals surface area contributed by atoms with Crippen LogP contribution in [0.1, 0.15) is 44.7 Å². The molecule has 1 unspecified atom stereocenters. The van der Waals surface area contributed by atoms with E-state index in [-0.39, 0.29) is 18.9 Å². The van der Waals surface area contributed by atoms with E-state index in [1.807, 2.05) is 30.3 Å². The monoisotopic (exact) mass is 467 g/mol. The average Bonchev–Trinajstić information content (AvgIpc) is 3.21. The molecule has 1 saturated carbocycles. The van der Waals surface area contributed by atoms with Gasteiger partial charge in [0.15, 0.2) is 0 Å². The Bertz CT molecular complexity index is 1180. The van der Waals surface area contributed by atoms with Gasteiger partial charge in [-0.15, -0.1) is 0 Å². The Morgan fingerprint density at radius 1 is 1.21 bits per heavy atom. The number of hydrogen-bond donors (Lipinski definition) is 1. The second-order valence-electron chi connectivity index (χ2n) is 9.18. The van der Waals surface area contributed by atoms with Crippen LogP contribution in [0.2, 0.25) is 0 Å². The molecule has 1 atom stereocenters. The van der Waals surface area contributed by atoms with E-state index in [9.17, 15) is 13.6 Å². The van der Waals surface area contributed by atoms with Crippen LogP contribution in [0.3, 0.4) is 0 Å². The minimum Gasteiger partial charge on any atom is -0.493 e. The number of ether oxygens (including phenoxy) is 1. The van der Waals surface area contributed by atoms with Gasteiger partial charge in [0.25, 0.3) is 11.8 Å². The standard InChI is InChI=1S/C26H27F2N3O3/c1-17-24(16-34-30-17)25(32)29-12-18-2-4-19(5-3-18)13-31-9-8-20-10-23(7-6-21(20)14-31)33-15-22-11-26(22,27)28/h2-7,10,16,22H,8-9,11-15H2,1H3,(H,29,32). The highest BCUT2D eigenvalue weighted by molar-refractivity contribution is 5.94. The topological polar surface area (TPSA) is 67.6 Å². The van der Waals surface area contributed by atoms with Crippen molar-refractivity contribution in [3.8, 4) is 5.75 Å². The summed E-state index contributed by atoms with van der Waals surface area (Å²) in [4.78, 5) is 14.6. The van der Waals surface area contributed by atoms with Crippen molar-refractivity contribution < 1.29 is 22.8 Å². The maximum Gasteiger partial charge on any atom is 0.256 e. The van der Waals surface area contributed by atoms with Gasteiger partial charge in [0, 0.05) is 32.6 Å². The van der Waals surface area contributed by atoms with Crippen molar-refractivity contribution >= 4 is 5.91 Å². The Morgan fingerprint density at radius 2 is 1.97 bits per heavy atom. The first kappa shape index (κ1) is 22.5. The second-order valence-corrected chi connectivity index (χ2v) is 9.18. The number of aryl methyl sites for hydroxylation is 1. The number of fused-ring (bicyclic) bond motifs is 1. The summed E-state index contributed by atoms with van der Waals surface area (Å²) >= 11 is 0. The van der Waals surface area contributed by atoms with Crippen LogP contribution in [0, 0.1) is 12.8 Å². The first-order valence-corrected chi connectivity index (χ1v) is 11.5. The highest BCUT2D eigenvalue weighted by Crippen LogP contribution is 2.48. The molecule has 2 heterocycles. The number of benzene rings is 2. The van der Waals surface area contributed by atoms with Gasteiger partial charge in [-0.3, -0.25) is 9.69 Å². The first-order chi connectivity index (χ1) is 16.4. The Morgan fingerprint density at radius 3 is 2.68 bits per heavy atom. The zero-order chi connectivity index (χ0) is 23.7. The Labute approximate surface area is 196 Å². The predicted molar refractivity (Wildman–Crippen MR) is 122 cm³/mol. The third kappa shape index (κ3) is 5.12. The molecule has 3 aromatic rings. The summed E-state index contributed by atoms with van der Waals surface area (Å²) in [5.41, 5.74) is 5.72. The molecule has 2 aliphatic rings. The molecule has 0 radical (unpaired) electrons. The van der Waals surface area contributed by atoms with E-state index < -0.39 is 11.8 Å². The molecular formula is C26H27F2N3O3. The number of halogens is 2. The lowest BCUT2D eigenvalue weighted by Crippen LogP contribution is -2.30. The van der Waals surface area contributed by atoms with Gasteiger partial charge in [0.05, 0.1) is 18.2 Å². The number of carbonyl (C=O) groups excluding carboxylic acids is 1. The molecule has 6 nitrogen and oxygen atoms in total. The Hall–Kier alpha value is -3.26. The molecule has 1 amide bonds. The molecule has 1 N–H and O–H groups in total. The van der Waals surface area contributed by atoms with Crippen LogP contribution in [-0.4, -0.2) is 35.0 Å². The molecular weight excluding hydrogens is 440 g/mol. The smallest absolute Gasteiger partial charge is 0.256 e. The molecule has 1 aliphatic carbocycles. The fraction of sp³-hybridized carbons (Fsp3) is 0.385. The largest absolute Gasteiger partial charge is 0.493 e. The number of rotatable bonds is 8. The van der Waals surface area contributed by atoms with Gasteiger partial charge in [0.1, 0.15) is 17.6 Å². The van der Waals surface area contributed by atoms with Gasteiger partial charge in [-0.1, -0.05) is 35.5 Å². The van der Waals surface area contributed by atoms with Gasteiger partial charge >= 0.3 is 0 Å². The van der Waals surface area contributed by atoms with Gasteiger partial charge in [-0.2, -0.15) is 0 Å². The van der Waals surface area contributed by atoms with Crippen molar-refractivity contribution in [2.24, 2.45) is 5.92 Å². The number of hydrogen-bond acceptors (Lipinski definition) is 5. The molecule has 5 rings (SSSR count). The Balaban J connectivity index is 1.11. The molecule has 0 saturated heterocycles. The summed E-state index contributed by atoms with van der Waals surface area (Å²) < 4.78 is 36.5. The normalized spacial score (nSPS) is 18.9. The van der Waals surface area contributed by atoms with Crippen LogP contribution in [0.25, 0.3) is 0 Å². The zero-order valence-corrected chi connectivity index (χ0v) is 19.0. The average molecular weight is 468 g/mol. The van der Waals surface area contributed by atoms with Crippen LogP contribution in [0.4, 0.5) is 8.78 Å². The quantitative estimate of drug-likeness (QED) is 0.528. The van der Waals surface area contributed by atoms with Crippen LogP contribution >= 0.6 is 0 Å². The predicted octanol–water partition coefficient (Wildman–Crippen LogP) is 4.51. The lowest BCUT2D eigenvalue weighted by atomic mass is 9.99. The van der Waals surface area contributed by atoms with Crippen molar-refractivity contribution in [3.05, 3.63) is 82.2 Å². The molecule has 34 heavy (non-hydrogen) atoms. The van der Waals surface area contributed by atoms with E-state index in [2.05, 4.69) is 27.5 Å². The number of carbonyl (C=O) groups is 1. The van der Waals surface area contributed by atoms with Crippen LogP contribution in [-0.2, 0) is 26.1 Å². The Kier molecular flexibility index (Phi) is 6.08. The van der Waals surface area contributed by atoms with Crippen LogP contribution in [0.15, 0.2) is 53.3 Å². The van der Waals surface area contributed by atoms with E-state index in [0.29, 0.717) is 23.6 Å². The number of amides is 1. The van der Waals surface area contributed by atoms with Gasteiger partial charge in [0.2, 0.25) is 0 Å². The van der Waals surface area contributed by atoms with E-state index in [1.165, 1.54) is 23.0 Å². The van der Waals surface area contributed by atoms with Gasteiger partial charge in [-0.05, 0) is 47.7 Å². The third-order valence-corrected chi connectivity index (χ3v) is 6.55. The van der Waals surface area contributed by atoms with Crippen LogP contribution < -0.4 is 10.1 Å². The summed E-state index contributed by atoms with van der Waals surface area (Å²) in [5, 5.41) is 6.61. The molecule has 1 fully saturated rings. The summed E-state index contributed by atoms with van der Waals surface area (Å²) in [6, 6.07) is 14.2. The van der Waals surface area contributed by atoms with Crippen molar-refractivity contribution in [1.82, 2.24) is 15.4 Å². The van der Waals surface area contributed by atoms with Crippen molar-refractivity contribution in [2.75, 3.05) is 13.2 Å². The maximum atomic E-state index is 13.0. The maximum absolute atomic E-state index is 13.0. The fourth-order valence-electron chi connectivity index (χ4n) is 4.27. The fourth-order valence-corrected chi connectivity index (χ4v) is 4.27. The number of aromatic nitrogens is 1. The molecule has 178 valence electrons. The molecule has 0 spiro atoms. The van der Waals surface area contributed by atoms with Gasteiger partial charge in [-0.25, -0.2) is 8.78 Å². The number of nitrogens with one attached hydrogen (secondary N) is 1. The molecule has 1 aromatic heterocycles. The first-order valence-electron chi connectivity index (χ1n) is 11.5. The lowest BCUT2D eigenvalue weighted by molar-refractivity contribution is 0.0855. The molecule has 1 aliphatic heterocycles. The van der Waals surface area contributed by atoms with Crippen molar-refractivity contribution in [1.29, 1.82) is 0 Å². The van der Waals surface area contributed by atoms with Crippen molar-refractivity contribution in [3.63, 3.8) is 0 Å². The van der Waals surface area contributed by atoms with E-state index >= 15 is 0 Å². The minimum absolute atomic E-state index is 0.0643. The van der Waals surface area contributed by atoms with Gasteiger partial charge < -0.3 is 14.6 Å².